The molecule has 0 aliphatic rings. The van der Waals surface area contributed by atoms with Gasteiger partial charge in [0, 0.05) is 6.42 Å². The zero-order chi connectivity index (χ0) is 7.28. The van der Waals surface area contributed by atoms with Gasteiger partial charge in [0.05, 0.1) is 0 Å². The molecule has 0 aliphatic carbocycles. The van der Waals surface area contributed by atoms with E-state index in [0.29, 0.717) is 18.6 Å². The van der Waals surface area contributed by atoms with Crippen LogP contribution in [-0.4, -0.2) is 12.1 Å². The molecule has 52 valence electrons. The number of hydrogen-bond donors (Lipinski definition) is 0. The van der Waals surface area contributed by atoms with Crippen LogP contribution in [-0.2, 0) is 9.59 Å². The molecule has 0 spiro atoms. The molecule has 0 saturated heterocycles. The monoisotopic (exact) mass is 128 g/mol. The van der Waals surface area contributed by atoms with Crippen LogP contribution in [0.2, 0.25) is 0 Å². The molecule has 0 unspecified atom stereocenters. The molecule has 2 heteroatoms. The van der Waals surface area contributed by atoms with Crippen molar-refractivity contribution in [2.24, 2.45) is 5.92 Å². The van der Waals surface area contributed by atoms with E-state index in [1.54, 1.807) is 0 Å². The average molecular weight is 128 g/mol. The lowest BCUT2D eigenvalue weighted by Gasteiger charge is -1.98. The molecule has 0 amide bonds. The van der Waals surface area contributed by atoms with E-state index in [9.17, 15) is 9.59 Å². The quantitative estimate of drug-likeness (QED) is 0.421. The van der Waals surface area contributed by atoms with E-state index in [4.69, 9.17) is 0 Å². The van der Waals surface area contributed by atoms with Gasteiger partial charge in [0.25, 0.3) is 0 Å². The zero-order valence-electron chi connectivity index (χ0n) is 5.89. The van der Waals surface area contributed by atoms with Gasteiger partial charge in [-0.05, 0) is 12.3 Å². The van der Waals surface area contributed by atoms with Crippen LogP contribution in [0, 0.1) is 5.92 Å². The summed E-state index contributed by atoms with van der Waals surface area (Å²) in [6, 6.07) is 0. The first-order valence-electron chi connectivity index (χ1n) is 3.15. The van der Waals surface area contributed by atoms with Gasteiger partial charge in [0.1, 0.15) is 0 Å². The summed E-state index contributed by atoms with van der Waals surface area (Å²) < 4.78 is 0. The highest BCUT2D eigenvalue weighted by atomic mass is 16.2. The van der Waals surface area contributed by atoms with Crippen molar-refractivity contribution in [3.05, 3.63) is 0 Å². The van der Waals surface area contributed by atoms with Gasteiger partial charge in [-0.15, -0.1) is 0 Å². The van der Waals surface area contributed by atoms with Gasteiger partial charge in [0.2, 0.25) is 0 Å². The Bertz CT molecular complexity index is 105. The van der Waals surface area contributed by atoms with Gasteiger partial charge in [-0.25, -0.2) is 0 Å². The number of carbonyl (C=O) groups excluding carboxylic acids is 2. The fraction of sp³-hybridized carbons (Fsp3) is 0.714. The van der Waals surface area contributed by atoms with E-state index < -0.39 is 0 Å². The first-order valence-corrected chi connectivity index (χ1v) is 3.15. The third-order valence-electron chi connectivity index (χ3n) is 1.10. The molecule has 0 bridgehead atoms. The first-order chi connectivity index (χ1) is 4.16. The molecule has 2 nitrogen and oxygen atoms in total. The first kappa shape index (κ1) is 8.34. The minimum Gasteiger partial charge on any atom is -0.295 e. The van der Waals surface area contributed by atoms with Gasteiger partial charge >= 0.3 is 0 Å². The summed E-state index contributed by atoms with van der Waals surface area (Å²) in [6.45, 7) is 4.05. The van der Waals surface area contributed by atoms with E-state index in [-0.39, 0.29) is 5.78 Å². The van der Waals surface area contributed by atoms with Crippen LogP contribution in [0.1, 0.15) is 26.7 Å². The van der Waals surface area contributed by atoms with Crippen molar-refractivity contribution in [1.29, 1.82) is 0 Å². The number of ketones is 1. The molecular formula is C7H12O2. The van der Waals surface area contributed by atoms with E-state index >= 15 is 0 Å². The Morgan fingerprint density at radius 3 is 2.44 bits per heavy atom. The summed E-state index contributed by atoms with van der Waals surface area (Å²) >= 11 is 0. The second-order valence-electron chi connectivity index (χ2n) is 2.52. The van der Waals surface area contributed by atoms with E-state index in [2.05, 4.69) is 0 Å². The largest absolute Gasteiger partial charge is 0.295 e. The normalized spacial score (nSPS) is 9.67. The van der Waals surface area contributed by atoms with Crippen LogP contribution in [0.5, 0.6) is 0 Å². The molecular weight excluding hydrogens is 116 g/mol. The lowest BCUT2D eigenvalue weighted by molar-refractivity contribution is -0.130. The summed E-state index contributed by atoms with van der Waals surface area (Å²) in [4.78, 5) is 20.1. The van der Waals surface area contributed by atoms with Crippen molar-refractivity contribution < 1.29 is 9.59 Å². The molecule has 0 atom stereocenters. The van der Waals surface area contributed by atoms with E-state index in [0.717, 1.165) is 6.42 Å². The standard InChI is InChI=1S/C7H12O2/c1-6(2)3-4-7(9)5-8/h5-6H,3-4H2,1-2H3. The molecule has 0 aromatic rings. The molecule has 0 heterocycles. The molecule has 0 radical (unpaired) electrons. The van der Waals surface area contributed by atoms with Gasteiger partial charge in [0.15, 0.2) is 12.1 Å². The van der Waals surface area contributed by atoms with Crippen LogP contribution < -0.4 is 0 Å². The fourth-order valence-corrected chi connectivity index (χ4v) is 0.490. The Labute approximate surface area is 55.3 Å². The number of hydrogen-bond acceptors (Lipinski definition) is 2. The SMILES string of the molecule is CC(C)CCC(=O)C=O. The predicted molar refractivity (Wildman–Crippen MR) is 35.1 cm³/mol. The van der Waals surface area contributed by atoms with Crippen molar-refractivity contribution in [3.63, 3.8) is 0 Å². The molecule has 0 aromatic carbocycles. The maximum absolute atomic E-state index is 10.3. The molecule has 0 saturated carbocycles. The molecule has 9 heavy (non-hydrogen) atoms. The second-order valence-corrected chi connectivity index (χ2v) is 2.52. The predicted octanol–water partition coefficient (Wildman–Crippen LogP) is 1.19. The number of rotatable bonds is 4. The summed E-state index contributed by atoms with van der Waals surface area (Å²) in [7, 11) is 0. The Morgan fingerprint density at radius 2 is 2.11 bits per heavy atom. The van der Waals surface area contributed by atoms with Crippen molar-refractivity contribution in [1.82, 2.24) is 0 Å². The minimum atomic E-state index is -0.288. The van der Waals surface area contributed by atoms with Crippen LogP contribution in [0.3, 0.4) is 0 Å². The smallest absolute Gasteiger partial charge is 0.195 e. The summed E-state index contributed by atoms with van der Waals surface area (Å²) in [5.41, 5.74) is 0. The highest BCUT2D eigenvalue weighted by molar-refractivity contribution is 6.24. The van der Waals surface area contributed by atoms with Crippen LogP contribution in [0.4, 0.5) is 0 Å². The molecule has 0 rings (SSSR count). The van der Waals surface area contributed by atoms with Crippen LogP contribution in [0.25, 0.3) is 0 Å². The van der Waals surface area contributed by atoms with Crippen molar-refractivity contribution in [2.45, 2.75) is 26.7 Å². The minimum absolute atomic E-state index is 0.288. The third-order valence-corrected chi connectivity index (χ3v) is 1.10. The van der Waals surface area contributed by atoms with E-state index in [1.807, 2.05) is 13.8 Å². The Morgan fingerprint density at radius 1 is 1.56 bits per heavy atom. The lowest BCUT2D eigenvalue weighted by Crippen LogP contribution is -2.00. The second kappa shape index (κ2) is 4.24. The van der Waals surface area contributed by atoms with Gasteiger partial charge in [-0.1, -0.05) is 13.8 Å². The van der Waals surface area contributed by atoms with Crippen LogP contribution in [0.15, 0.2) is 0 Å². The van der Waals surface area contributed by atoms with E-state index in [1.165, 1.54) is 0 Å². The number of Topliss-reactive ketones (excluding diaryl/α,β-unsaturated/α-hetero) is 1. The van der Waals surface area contributed by atoms with Crippen molar-refractivity contribution in [3.8, 4) is 0 Å². The molecule has 0 aliphatic heterocycles. The van der Waals surface area contributed by atoms with Crippen molar-refractivity contribution >= 4 is 12.1 Å². The third kappa shape index (κ3) is 5.21. The Hall–Kier alpha value is -0.660. The van der Waals surface area contributed by atoms with Gasteiger partial charge in [-0.2, -0.15) is 0 Å². The maximum atomic E-state index is 10.3. The highest BCUT2D eigenvalue weighted by Crippen LogP contribution is 2.02. The fourth-order valence-electron chi connectivity index (χ4n) is 0.490. The number of aldehydes is 1. The molecule has 0 fully saturated rings. The zero-order valence-corrected chi connectivity index (χ0v) is 5.89. The summed E-state index contributed by atoms with van der Waals surface area (Å²) in [5, 5.41) is 0. The topological polar surface area (TPSA) is 34.1 Å². The summed E-state index contributed by atoms with van der Waals surface area (Å²) in [5.74, 6) is 0.220. The van der Waals surface area contributed by atoms with Gasteiger partial charge < -0.3 is 0 Å². The molecule has 0 aromatic heterocycles. The Kier molecular flexibility index (Phi) is 3.93. The Balaban J connectivity index is 3.27. The average Bonchev–Trinajstić information content (AvgIpc) is 1.83. The molecule has 0 N–H and O–H groups in total. The highest BCUT2D eigenvalue weighted by Gasteiger charge is 1.99. The maximum Gasteiger partial charge on any atom is 0.195 e. The van der Waals surface area contributed by atoms with Crippen LogP contribution >= 0.6 is 0 Å². The van der Waals surface area contributed by atoms with Gasteiger partial charge in [-0.3, -0.25) is 9.59 Å². The lowest BCUT2D eigenvalue weighted by atomic mass is 10.1. The van der Waals surface area contributed by atoms with Crippen molar-refractivity contribution in [2.75, 3.05) is 0 Å². The number of carbonyl (C=O) groups is 2. The summed E-state index contributed by atoms with van der Waals surface area (Å²) in [6.07, 6.45) is 1.61.